The minimum Gasteiger partial charge on any atom is -0.462 e. The number of ether oxygens (including phenoxy) is 3. The Morgan fingerprint density at radius 3 is 0.735 bits per heavy atom. The number of rotatable bonds is 64. The Bertz CT molecular complexity index is 1660. The molecule has 0 rings (SSSR count). The van der Waals surface area contributed by atoms with Gasteiger partial charge in [0.15, 0.2) is 6.10 Å². The first kappa shape index (κ1) is 79.1. The fourth-order valence-electron chi connectivity index (χ4n) is 10.0. The Balaban J connectivity index is 4.06. The maximum atomic E-state index is 12.9. The van der Waals surface area contributed by atoms with Gasteiger partial charge in [-0.1, -0.05) is 342 Å². The van der Waals surface area contributed by atoms with Crippen LogP contribution in [0.2, 0.25) is 0 Å². The molecule has 0 radical (unpaired) electrons. The van der Waals surface area contributed by atoms with Crippen molar-refractivity contribution in [2.45, 2.75) is 348 Å². The van der Waals surface area contributed by atoms with Crippen molar-refractivity contribution in [2.75, 3.05) is 13.2 Å². The lowest BCUT2D eigenvalue weighted by Crippen LogP contribution is -2.30. The van der Waals surface area contributed by atoms with Gasteiger partial charge in [-0.2, -0.15) is 0 Å². The summed E-state index contributed by atoms with van der Waals surface area (Å²) in [4.78, 5) is 38.0. The van der Waals surface area contributed by atoms with Gasteiger partial charge in [-0.15, -0.1) is 0 Å². The molecule has 0 N–H and O–H groups in total. The highest BCUT2D eigenvalue weighted by Gasteiger charge is 2.19. The second kappa shape index (κ2) is 70.6. The van der Waals surface area contributed by atoms with E-state index in [1.807, 2.05) is 0 Å². The number of allylic oxidation sites excluding steroid dienone is 18. The zero-order valence-electron chi connectivity index (χ0n) is 54.7. The second-order valence-electron chi connectivity index (χ2n) is 23.4. The highest BCUT2D eigenvalue weighted by atomic mass is 16.6. The molecule has 0 fully saturated rings. The van der Waals surface area contributed by atoms with Gasteiger partial charge in [0.05, 0.1) is 0 Å². The van der Waals surface area contributed by atoms with Crippen LogP contribution in [0.5, 0.6) is 0 Å². The molecule has 0 aliphatic carbocycles. The summed E-state index contributed by atoms with van der Waals surface area (Å²) in [5.41, 5.74) is 0. The third-order valence-electron chi connectivity index (χ3n) is 15.3. The van der Waals surface area contributed by atoms with Gasteiger partial charge < -0.3 is 14.2 Å². The van der Waals surface area contributed by atoms with E-state index in [0.717, 1.165) is 128 Å². The lowest BCUT2D eigenvalue weighted by atomic mass is 10.0. The van der Waals surface area contributed by atoms with E-state index < -0.39 is 6.10 Å². The summed E-state index contributed by atoms with van der Waals surface area (Å²) >= 11 is 0. The van der Waals surface area contributed by atoms with Gasteiger partial charge in [-0.05, 0) is 89.9 Å². The normalized spacial score (nSPS) is 12.8. The summed E-state index contributed by atoms with van der Waals surface area (Å²) in [6.07, 6.45) is 97.5. The van der Waals surface area contributed by atoms with Crippen molar-refractivity contribution in [1.82, 2.24) is 0 Å². The predicted octanol–water partition coefficient (Wildman–Crippen LogP) is 24.6. The summed E-state index contributed by atoms with van der Waals surface area (Å²) in [6, 6.07) is 0. The minimum absolute atomic E-state index is 0.0876. The zero-order valence-corrected chi connectivity index (χ0v) is 54.7. The first-order valence-corrected chi connectivity index (χ1v) is 35.4. The Kier molecular flexibility index (Phi) is 67.2. The molecule has 0 bridgehead atoms. The third kappa shape index (κ3) is 68.7. The Hall–Kier alpha value is -3.93. The quantitative estimate of drug-likeness (QED) is 0.0261. The van der Waals surface area contributed by atoms with Gasteiger partial charge in [0, 0.05) is 19.3 Å². The van der Waals surface area contributed by atoms with E-state index in [0.29, 0.717) is 19.3 Å². The first-order valence-electron chi connectivity index (χ1n) is 35.4. The predicted molar refractivity (Wildman–Crippen MR) is 362 cm³/mol. The fourth-order valence-corrected chi connectivity index (χ4v) is 10.0. The highest BCUT2D eigenvalue weighted by molar-refractivity contribution is 5.71. The van der Waals surface area contributed by atoms with E-state index in [2.05, 4.69) is 130 Å². The molecule has 476 valence electrons. The molecule has 0 amide bonds. The summed E-state index contributed by atoms with van der Waals surface area (Å²) in [5, 5.41) is 0. The number of unbranched alkanes of at least 4 members (excludes halogenated alkanes) is 35. The van der Waals surface area contributed by atoms with E-state index >= 15 is 0 Å². The average Bonchev–Trinajstić information content (AvgIpc) is 3.49. The van der Waals surface area contributed by atoms with Gasteiger partial charge in [0.25, 0.3) is 0 Å². The molecule has 6 nitrogen and oxygen atoms in total. The summed E-state index contributed by atoms with van der Waals surface area (Å²) in [5.74, 6) is -0.925. The van der Waals surface area contributed by atoms with Crippen LogP contribution >= 0.6 is 0 Å². The Morgan fingerprint density at radius 1 is 0.253 bits per heavy atom. The van der Waals surface area contributed by atoms with Gasteiger partial charge in [-0.25, -0.2) is 0 Å². The van der Waals surface area contributed by atoms with Crippen LogP contribution in [0.1, 0.15) is 342 Å². The number of esters is 3. The van der Waals surface area contributed by atoms with Crippen LogP contribution in [0.15, 0.2) is 109 Å². The molecule has 83 heavy (non-hydrogen) atoms. The average molecular weight is 1150 g/mol. The molecule has 1 unspecified atom stereocenters. The van der Waals surface area contributed by atoms with Crippen molar-refractivity contribution in [2.24, 2.45) is 0 Å². The van der Waals surface area contributed by atoms with Crippen LogP contribution in [0.4, 0.5) is 0 Å². The number of carbonyl (C=O) groups excluding carboxylic acids is 3. The van der Waals surface area contributed by atoms with E-state index in [9.17, 15) is 14.4 Å². The summed E-state index contributed by atoms with van der Waals surface area (Å²) in [7, 11) is 0. The molecule has 0 aromatic carbocycles. The number of carbonyl (C=O) groups is 3. The molecule has 0 saturated heterocycles. The molecule has 0 heterocycles. The van der Waals surface area contributed by atoms with Crippen LogP contribution in [-0.4, -0.2) is 37.2 Å². The van der Waals surface area contributed by atoms with Crippen LogP contribution in [-0.2, 0) is 28.6 Å². The van der Waals surface area contributed by atoms with Gasteiger partial charge in [0.2, 0.25) is 0 Å². The van der Waals surface area contributed by atoms with E-state index in [-0.39, 0.29) is 31.1 Å². The molecule has 0 aliphatic heterocycles. The second-order valence-corrected chi connectivity index (χ2v) is 23.4. The standard InChI is InChI=1S/C77H132O6/c1-4-7-10-13-15-17-19-21-23-25-27-29-31-33-35-37-38-40-41-43-45-47-49-51-53-55-57-59-61-64-67-70-76(79)82-73-74(72-81-75(78)69-66-63-12-9-6-3)83-77(80)71-68-65-62-60-58-56-54-52-50-48-46-44-42-39-36-34-32-30-28-26-24-22-20-18-16-14-11-8-5-2/h7,10,15,17,21,23,27,29,33,35,38,40,43,45,49,51,55,57,74H,4-6,8-9,11-14,16,18-20,22,24-26,28,30-32,34,36-37,39,41-42,44,46-48,50,52-54,56,58-73H2,1-3H3/b10-7-,17-15-,23-21-,29-27-,35-33-,40-38-,45-43-,51-49-,57-55-. The van der Waals surface area contributed by atoms with Crippen LogP contribution in [0, 0.1) is 0 Å². The third-order valence-corrected chi connectivity index (χ3v) is 15.3. The summed E-state index contributed by atoms with van der Waals surface area (Å²) < 4.78 is 16.8. The highest BCUT2D eigenvalue weighted by Crippen LogP contribution is 2.18. The Morgan fingerprint density at radius 2 is 0.470 bits per heavy atom. The maximum Gasteiger partial charge on any atom is 0.306 e. The lowest BCUT2D eigenvalue weighted by molar-refractivity contribution is -0.167. The topological polar surface area (TPSA) is 78.9 Å². The SMILES string of the molecule is CC/C=C\C/C=C\C/C=C\C/C=C\C/C=C\C/C=C\C/C=C\C/C=C\C/C=C\CCCCCC(=O)OCC(COC(=O)CCCCCCC)OC(=O)CCCCCCCCCCCCCCCCCCCCCCCCCCCCCCC. The lowest BCUT2D eigenvalue weighted by Gasteiger charge is -2.18. The number of hydrogen-bond acceptors (Lipinski definition) is 6. The molecule has 1 atom stereocenters. The van der Waals surface area contributed by atoms with Gasteiger partial charge in [-0.3, -0.25) is 14.4 Å². The van der Waals surface area contributed by atoms with Crippen molar-refractivity contribution in [1.29, 1.82) is 0 Å². The minimum atomic E-state index is -0.789. The molecule has 0 aromatic heterocycles. The number of hydrogen-bond donors (Lipinski definition) is 0. The van der Waals surface area contributed by atoms with Crippen LogP contribution in [0.25, 0.3) is 0 Å². The fraction of sp³-hybridized carbons (Fsp3) is 0.727. The molecule has 0 aliphatic rings. The van der Waals surface area contributed by atoms with Crippen molar-refractivity contribution < 1.29 is 28.6 Å². The molecule has 0 saturated carbocycles. The largest absolute Gasteiger partial charge is 0.462 e. The molecule has 6 heteroatoms. The van der Waals surface area contributed by atoms with Gasteiger partial charge >= 0.3 is 17.9 Å². The molecule has 0 aromatic rings. The van der Waals surface area contributed by atoms with Crippen molar-refractivity contribution >= 4 is 17.9 Å². The smallest absolute Gasteiger partial charge is 0.306 e. The molecular formula is C77H132O6. The maximum absolute atomic E-state index is 12.9. The van der Waals surface area contributed by atoms with Crippen molar-refractivity contribution in [3.05, 3.63) is 109 Å². The van der Waals surface area contributed by atoms with E-state index in [1.54, 1.807) is 0 Å². The Labute approximate surface area is 514 Å². The van der Waals surface area contributed by atoms with E-state index in [1.165, 1.54) is 173 Å². The zero-order chi connectivity index (χ0) is 59.9. The molecule has 0 spiro atoms. The first-order chi connectivity index (χ1) is 41.0. The monoisotopic (exact) mass is 1150 g/mol. The summed E-state index contributed by atoms with van der Waals surface area (Å²) in [6.45, 7) is 6.45. The van der Waals surface area contributed by atoms with Gasteiger partial charge in [0.1, 0.15) is 13.2 Å². The van der Waals surface area contributed by atoms with E-state index in [4.69, 9.17) is 14.2 Å². The van der Waals surface area contributed by atoms with Crippen molar-refractivity contribution in [3.63, 3.8) is 0 Å². The van der Waals surface area contributed by atoms with Crippen LogP contribution < -0.4 is 0 Å². The molecular weight excluding hydrogens is 1020 g/mol. The van der Waals surface area contributed by atoms with Crippen LogP contribution in [0.3, 0.4) is 0 Å². The van der Waals surface area contributed by atoms with Crippen molar-refractivity contribution in [3.8, 4) is 0 Å².